The quantitative estimate of drug-likeness (QED) is 0.631. The lowest BCUT2D eigenvalue weighted by Crippen LogP contribution is -2.12. The molecule has 1 radical (unpaired) electrons. The molecule has 87 valence electrons. The molecule has 0 aliphatic rings. The summed E-state index contributed by atoms with van der Waals surface area (Å²) in [5, 5.41) is 20.3. The van der Waals surface area contributed by atoms with Gasteiger partial charge in [0.25, 0.3) is 5.69 Å². The zero-order chi connectivity index (χ0) is 12.3. The van der Waals surface area contributed by atoms with Crippen LogP contribution in [0.25, 0.3) is 0 Å². The molecule has 0 spiro atoms. The van der Waals surface area contributed by atoms with Crippen LogP contribution in [0.2, 0.25) is 0 Å². The Morgan fingerprint density at radius 1 is 1.31 bits per heavy atom. The molecule has 16 heavy (non-hydrogen) atoms. The Labute approximate surface area is 95.1 Å². The molecule has 1 aromatic carbocycles. The van der Waals surface area contributed by atoms with E-state index in [2.05, 4.69) is 0 Å². The van der Waals surface area contributed by atoms with Crippen LogP contribution in [0.4, 0.5) is 5.69 Å². The number of nitro groups is 1. The molecule has 4 heteroatoms. The number of aliphatic hydroxyl groups is 1. The van der Waals surface area contributed by atoms with Crippen molar-refractivity contribution < 1.29 is 10.0 Å². The van der Waals surface area contributed by atoms with E-state index in [-0.39, 0.29) is 11.1 Å². The molecule has 0 heterocycles. The number of rotatable bonds is 3. The fourth-order valence-electron chi connectivity index (χ4n) is 1.36. The third-order valence-corrected chi connectivity index (χ3v) is 2.10. The number of nitro benzene ring substituents is 1. The number of non-ortho nitro benzene ring substituents is 1. The van der Waals surface area contributed by atoms with E-state index in [1.807, 2.05) is 20.8 Å². The maximum atomic E-state index is 10.4. The number of hydrogen-bond donors (Lipinski definition) is 1. The van der Waals surface area contributed by atoms with Crippen LogP contribution in [0.1, 0.15) is 32.4 Å². The van der Waals surface area contributed by atoms with Crippen molar-refractivity contribution >= 4 is 5.69 Å². The molecule has 1 rings (SSSR count). The number of nitrogens with zero attached hydrogens (tertiary/aromatic N) is 1. The molecular weight excluding hydrogens is 206 g/mol. The summed E-state index contributed by atoms with van der Waals surface area (Å²) in [5.41, 5.74) is 0.605. The smallest absolute Gasteiger partial charge is 0.269 e. The average Bonchev–Trinajstić information content (AvgIpc) is 2.15. The number of hydrogen-bond acceptors (Lipinski definition) is 3. The standard InChI is InChI=1S/C12H16NO3/c1-12(2,3)8-11(14)9-4-6-10(7-5-9)13(15)16/h4-8,11,14H,1-3H3/t11-/m1/s1. The van der Waals surface area contributed by atoms with Crippen LogP contribution in [-0.4, -0.2) is 10.0 Å². The van der Waals surface area contributed by atoms with Gasteiger partial charge >= 0.3 is 0 Å². The second-order valence-corrected chi connectivity index (χ2v) is 4.83. The molecule has 1 atom stereocenters. The maximum Gasteiger partial charge on any atom is 0.269 e. The Morgan fingerprint density at radius 3 is 2.19 bits per heavy atom. The van der Waals surface area contributed by atoms with Gasteiger partial charge in [0.1, 0.15) is 0 Å². The third-order valence-electron chi connectivity index (χ3n) is 2.10. The minimum absolute atomic E-state index is 0.0340. The summed E-state index contributed by atoms with van der Waals surface area (Å²) < 4.78 is 0. The Bertz CT molecular complexity index is 365. The summed E-state index contributed by atoms with van der Waals surface area (Å²) in [6.07, 6.45) is 1.11. The van der Waals surface area contributed by atoms with Gasteiger partial charge in [-0.1, -0.05) is 20.8 Å². The van der Waals surface area contributed by atoms with Crippen molar-refractivity contribution in [3.8, 4) is 0 Å². The maximum absolute atomic E-state index is 10.4. The van der Waals surface area contributed by atoms with Crippen LogP contribution in [0.15, 0.2) is 24.3 Å². The largest absolute Gasteiger partial charge is 0.388 e. The molecule has 0 saturated carbocycles. The van der Waals surface area contributed by atoms with Crippen LogP contribution in [0, 0.1) is 22.0 Å². The van der Waals surface area contributed by atoms with E-state index >= 15 is 0 Å². The van der Waals surface area contributed by atoms with E-state index in [1.165, 1.54) is 12.1 Å². The summed E-state index contributed by atoms with van der Waals surface area (Å²) in [6.45, 7) is 5.96. The molecule has 0 aliphatic heterocycles. The van der Waals surface area contributed by atoms with Crippen LogP contribution < -0.4 is 0 Å². The van der Waals surface area contributed by atoms with Gasteiger partial charge in [0.2, 0.25) is 0 Å². The topological polar surface area (TPSA) is 63.4 Å². The Balaban J connectivity index is 2.78. The fourth-order valence-corrected chi connectivity index (χ4v) is 1.36. The average molecular weight is 222 g/mol. The predicted molar refractivity (Wildman–Crippen MR) is 61.8 cm³/mol. The van der Waals surface area contributed by atoms with Gasteiger partial charge in [-0.25, -0.2) is 0 Å². The number of benzene rings is 1. The zero-order valence-corrected chi connectivity index (χ0v) is 9.68. The fraction of sp³-hybridized carbons (Fsp3) is 0.417. The highest BCUT2D eigenvalue weighted by Crippen LogP contribution is 2.28. The first kappa shape index (κ1) is 12.6. The van der Waals surface area contributed by atoms with Crippen molar-refractivity contribution in [2.45, 2.75) is 26.9 Å². The second kappa shape index (κ2) is 4.61. The highest BCUT2D eigenvalue weighted by atomic mass is 16.6. The van der Waals surface area contributed by atoms with Crippen LogP contribution >= 0.6 is 0 Å². The van der Waals surface area contributed by atoms with Crippen LogP contribution in [0.3, 0.4) is 0 Å². The van der Waals surface area contributed by atoms with E-state index in [1.54, 1.807) is 18.6 Å². The van der Waals surface area contributed by atoms with E-state index < -0.39 is 11.0 Å². The predicted octanol–water partition coefficient (Wildman–Crippen LogP) is 2.88. The van der Waals surface area contributed by atoms with Crippen molar-refractivity contribution in [3.05, 3.63) is 46.4 Å². The van der Waals surface area contributed by atoms with Gasteiger partial charge in [0.05, 0.1) is 11.0 Å². The van der Waals surface area contributed by atoms with Gasteiger partial charge in [-0.2, -0.15) is 0 Å². The molecule has 0 unspecified atom stereocenters. The van der Waals surface area contributed by atoms with Crippen LogP contribution in [0.5, 0.6) is 0 Å². The second-order valence-electron chi connectivity index (χ2n) is 4.83. The van der Waals surface area contributed by atoms with E-state index in [9.17, 15) is 15.2 Å². The van der Waals surface area contributed by atoms with Gasteiger partial charge < -0.3 is 5.11 Å². The molecule has 0 bridgehead atoms. The summed E-state index contributed by atoms with van der Waals surface area (Å²) in [7, 11) is 0. The molecule has 1 N–H and O–H groups in total. The normalized spacial score (nSPS) is 13.5. The lowest BCUT2D eigenvalue weighted by molar-refractivity contribution is -0.384. The van der Waals surface area contributed by atoms with E-state index in [0.717, 1.165) is 0 Å². The van der Waals surface area contributed by atoms with E-state index in [0.29, 0.717) is 5.56 Å². The number of aliphatic hydroxyl groups excluding tert-OH is 1. The van der Waals surface area contributed by atoms with Gasteiger partial charge in [-0.3, -0.25) is 10.1 Å². The summed E-state index contributed by atoms with van der Waals surface area (Å²) >= 11 is 0. The van der Waals surface area contributed by atoms with Crippen molar-refractivity contribution in [3.63, 3.8) is 0 Å². The molecule has 0 fully saturated rings. The summed E-state index contributed by atoms with van der Waals surface area (Å²) in [6, 6.07) is 5.94. The first-order chi connectivity index (χ1) is 7.29. The highest BCUT2D eigenvalue weighted by molar-refractivity contribution is 5.34. The minimum Gasteiger partial charge on any atom is -0.388 e. The molecule has 1 aromatic rings. The first-order valence-corrected chi connectivity index (χ1v) is 5.08. The van der Waals surface area contributed by atoms with Crippen LogP contribution in [-0.2, 0) is 0 Å². The first-order valence-electron chi connectivity index (χ1n) is 5.08. The lowest BCUT2D eigenvalue weighted by atomic mass is 9.87. The molecular formula is C12H16NO3. The van der Waals surface area contributed by atoms with Gasteiger partial charge in [-0.15, -0.1) is 0 Å². The SMILES string of the molecule is CC(C)(C)[CH][C@@H](O)c1ccc([N+](=O)[O-])cc1. The molecule has 0 aromatic heterocycles. The van der Waals surface area contributed by atoms with Crippen molar-refractivity contribution in [2.75, 3.05) is 0 Å². The Morgan fingerprint density at radius 2 is 1.81 bits per heavy atom. The summed E-state index contributed by atoms with van der Waals surface area (Å²) in [5.74, 6) is 0. The van der Waals surface area contributed by atoms with Crippen molar-refractivity contribution in [1.29, 1.82) is 0 Å². The Hall–Kier alpha value is -1.42. The minimum atomic E-state index is -0.694. The van der Waals surface area contributed by atoms with Crippen molar-refractivity contribution in [1.82, 2.24) is 0 Å². The molecule has 4 nitrogen and oxygen atoms in total. The monoisotopic (exact) mass is 222 g/mol. The van der Waals surface area contributed by atoms with E-state index in [4.69, 9.17) is 0 Å². The van der Waals surface area contributed by atoms with Gasteiger partial charge in [0.15, 0.2) is 0 Å². The van der Waals surface area contributed by atoms with Gasteiger partial charge in [0, 0.05) is 12.1 Å². The molecule has 0 saturated heterocycles. The van der Waals surface area contributed by atoms with Gasteiger partial charge in [-0.05, 0) is 29.5 Å². The third kappa shape index (κ3) is 3.62. The lowest BCUT2D eigenvalue weighted by Gasteiger charge is -2.21. The molecule has 0 amide bonds. The summed E-state index contributed by atoms with van der Waals surface area (Å²) in [4.78, 5) is 9.99. The van der Waals surface area contributed by atoms with Crippen molar-refractivity contribution in [2.24, 2.45) is 5.41 Å². The Kier molecular flexibility index (Phi) is 3.65. The highest BCUT2D eigenvalue weighted by Gasteiger charge is 2.19. The zero-order valence-electron chi connectivity index (χ0n) is 9.68. The molecule has 0 aliphatic carbocycles.